The van der Waals surface area contributed by atoms with Crippen LogP contribution in [0, 0.1) is 17.8 Å². The van der Waals surface area contributed by atoms with Crippen LogP contribution in [0.3, 0.4) is 0 Å². The summed E-state index contributed by atoms with van der Waals surface area (Å²) in [5, 5.41) is 0. The molecule has 0 bridgehead atoms. The number of rotatable bonds is 1. The SMILES string of the molecule is O=C[C@H]1CC[C@@H]2CCCC[C@H]21. The predicted octanol–water partition coefficient (Wildman–Crippen LogP) is 2.40. The van der Waals surface area contributed by atoms with Gasteiger partial charge in [-0.15, -0.1) is 0 Å². The first-order valence-electron chi connectivity index (χ1n) is 4.87. The van der Waals surface area contributed by atoms with Crippen LogP contribution in [0.1, 0.15) is 38.5 Å². The summed E-state index contributed by atoms with van der Waals surface area (Å²) in [5.41, 5.74) is 0. The van der Waals surface area contributed by atoms with Crippen LogP contribution in [0.4, 0.5) is 0 Å². The van der Waals surface area contributed by atoms with E-state index >= 15 is 0 Å². The monoisotopic (exact) mass is 152 g/mol. The lowest BCUT2D eigenvalue weighted by Gasteiger charge is -2.26. The van der Waals surface area contributed by atoms with Crippen LogP contribution in [0.2, 0.25) is 0 Å². The Kier molecular flexibility index (Phi) is 1.97. The second kappa shape index (κ2) is 2.96. The molecule has 2 fully saturated rings. The fourth-order valence-corrected chi connectivity index (χ4v) is 2.95. The van der Waals surface area contributed by atoms with Gasteiger partial charge in [0.25, 0.3) is 0 Å². The highest BCUT2D eigenvalue weighted by atomic mass is 16.1. The maximum Gasteiger partial charge on any atom is 0.123 e. The Bertz CT molecular complexity index is 153. The lowest BCUT2D eigenvalue weighted by atomic mass is 9.78. The van der Waals surface area contributed by atoms with Gasteiger partial charge in [-0.2, -0.15) is 0 Å². The van der Waals surface area contributed by atoms with Gasteiger partial charge in [-0.3, -0.25) is 0 Å². The van der Waals surface area contributed by atoms with Gasteiger partial charge in [-0.05, 0) is 31.1 Å². The van der Waals surface area contributed by atoms with E-state index < -0.39 is 0 Å². The Morgan fingerprint density at radius 1 is 1.00 bits per heavy atom. The van der Waals surface area contributed by atoms with Crippen molar-refractivity contribution >= 4 is 6.29 Å². The molecule has 0 amide bonds. The third kappa shape index (κ3) is 1.21. The van der Waals surface area contributed by atoms with Crippen molar-refractivity contribution < 1.29 is 4.79 Å². The molecule has 0 N–H and O–H groups in total. The topological polar surface area (TPSA) is 17.1 Å². The zero-order valence-electron chi connectivity index (χ0n) is 6.96. The van der Waals surface area contributed by atoms with Crippen LogP contribution in [0.5, 0.6) is 0 Å². The molecular weight excluding hydrogens is 136 g/mol. The van der Waals surface area contributed by atoms with Crippen molar-refractivity contribution in [1.82, 2.24) is 0 Å². The zero-order valence-corrected chi connectivity index (χ0v) is 6.96. The first kappa shape index (κ1) is 7.33. The van der Waals surface area contributed by atoms with Gasteiger partial charge in [-0.1, -0.05) is 19.3 Å². The van der Waals surface area contributed by atoms with Gasteiger partial charge in [0.15, 0.2) is 0 Å². The van der Waals surface area contributed by atoms with E-state index in [1.54, 1.807) is 0 Å². The second-order valence-electron chi connectivity index (χ2n) is 4.09. The third-order valence-electron chi connectivity index (χ3n) is 3.56. The van der Waals surface area contributed by atoms with Crippen molar-refractivity contribution in [3.8, 4) is 0 Å². The minimum atomic E-state index is 0.431. The Labute approximate surface area is 68.2 Å². The van der Waals surface area contributed by atoms with Gasteiger partial charge >= 0.3 is 0 Å². The molecular formula is C10H16O. The second-order valence-corrected chi connectivity index (χ2v) is 4.09. The third-order valence-corrected chi connectivity index (χ3v) is 3.56. The minimum Gasteiger partial charge on any atom is -0.303 e. The van der Waals surface area contributed by atoms with E-state index in [1.165, 1.54) is 44.8 Å². The van der Waals surface area contributed by atoms with Gasteiger partial charge in [-0.25, -0.2) is 0 Å². The molecule has 0 radical (unpaired) electrons. The van der Waals surface area contributed by atoms with E-state index in [4.69, 9.17) is 0 Å². The molecule has 0 aromatic heterocycles. The summed E-state index contributed by atoms with van der Waals surface area (Å²) in [6.07, 6.45) is 9.21. The van der Waals surface area contributed by atoms with Gasteiger partial charge in [0.05, 0.1) is 0 Å². The first-order valence-corrected chi connectivity index (χ1v) is 4.87. The molecule has 2 saturated carbocycles. The molecule has 2 aliphatic rings. The lowest BCUT2D eigenvalue weighted by Crippen LogP contribution is -2.19. The van der Waals surface area contributed by atoms with Gasteiger partial charge in [0, 0.05) is 5.92 Å². The number of carbonyl (C=O) groups excluding carboxylic acids is 1. The van der Waals surface area contributed by atoms with E-state index in [0.717, 1.165) is 11.8 Å². The molecule has 62 valence electrons. The summed E-state index contributed by atoms with van der Waals surface area (Å²) in [4.78, 5) is 10.7. The number of fused-ring (bicyclic) bond motifs is 1. The predicted molar refractivity (Wildman–Crippen MR) is 44.2 cm³/mol. The molecule has 3 atom stereocenters. The van der Waals surface area contributed by atoms with Crippen LogP contribution < -0.4 is 0 Å². The van der Waals surface area contributed by atoms with Crippen LogP contribution in [-0.4, -0.2) is 6.29 Å². The molecule has 2 rings (SSSR count). The van der Waals surface area contributed by atoms with E-state index in [-0.39, 0.29) is 0 Å². The molecule has 0 aromatic carbocycles. The molecule has 11 heavy (non-hydrogen) atoms. The summed E-state index contributed by atoms with van der Waals surface area (Å²) in [6.45, 7) is 0. The van der Waals surface area contributed by atoms with E-state index in [1.807, 2.05) is 0 Å². The van der Waals surface area contributed by atoms with Crippen molar-refractivity contribution in [2.45, 2.75) is 38.5 Å². The Balaban J connectivity index is 2.03. The first-order chi connectivity index (χ1) is 5.42. The van der Waals surface area contributed by atoms with Crippen LogP contribution in [0.15, 0.2) is 0 Å². The van der Waals surface area contributed by atoms with Crippen molar-refractivity contribution in [3.63, 3.8) is 0 Å². The molecule has 1 heteroatoms. The van der Waals surface area contributed by atoms with Crippen molar-refractivity contribution in [3.05, 3.63) is 0 Å². The number of aldehydes is 1. The molecule has 2 aliphatic carbocycles. The van der Waals surface area contributed by atoms with Crippen molar-refractivity contribution in [1.29, 1.82) is 0 Å². The largest absolute Gasteiger partial charge is 0.303 e. The fourth-order valence-electron chi connectivity index (χ4n) is 2.95. The molecule has 0 heterocycles. The number of hydrogen-bond acceptors (Lipinski definition) is 1. The van der Waals surface area contributed by atoms with Crippen molar-refractivity contribution in [2.75, 3.05) is 0 Å². The number of hydrogen-bond donors (Lipinski definition) is 0. The molecule has 0 aliphatic heterocycles. The maximum absolute atomic E-state index is 10.7. The van der Waals surface area contributed by atoms with E-state index in [2.05, 4.69) is 0 Å². The van der Waals surface area contributed by atoms with Crippen LogP contribution in [0.25, 0.3) is 0 Å². The van der Waals surface area contributed by atoms with Crippen LogP contribution in [-0.2, 0) is 4.79 Å². The summed E-state index contributed by atoms with van der Waals surface area (Å²) < 4.78 is 0. The molecule has 0 spiro atoms. The van der Waals surface area contributed by atoms with Gasteiger partial charge in [0.2, 0.25) is 0 Å². The molecule has 0 aromatic rings. The average Bonchev–Trinajstić information content (AvgIpc) is 2.47. The van der Waals surface area contributed by atoms with E-state index in [9.17, 15) is 4.79 Å². The normalized spacial score (nSPS) is 43.5. The number of carbonyl (C=O) groups is 1. The van der Waals surface area contributed by atoms with Crippen LogP contribution >= 0.6 is 0 Å². The summed E-state index contributed by atoms with van der Waals surface area (Å²) in [6, 6.07) is 0. The highest BCUT2D eigenvalue weighted by Crippen LogP contribution is 2.44. The maximum atomic E-state index is 10.7. The zero-order chi connectivity index (χ0) is 7.68. The van der Waals surface area contributed by atoms with Gasteiger partial charge < -0.3 is 4.79 Å². The fraction of sp³-hybridized carbons (Fsp3) is 0.900. The molecule has 0 saturated heterocycles. The minimum absolute atomic E-state index is 0.431. The molecule has 1 nitrogen and oxygen atoms in total. The van der Waals surface area contributed by atoms with Gasteiger partial charge in [0.1, 0.15) is 6.29 Å². The summed E-state index contributed by atoms with van der Waals surface area (Å²) in [5.74, 6) is 2.13. The Morgan fingerprint density at radius 3 is 2.64 bits per heavy atom. The quantitative estimate of drug-likeness (QED) is 0.527. The molecule has 0 unspecified atom stereocenters. The van der Waals surface area contributed by atoms with Crippen molar-refractivity contribution in [2.24, 2.45) is 17.8 Å². The Morgan fingerprint density at radius 2 is 1.82 bits per heavy atom. The lowest BCUT2D eigenvalue weighted by molar-refractivity contribution is -0.112. The highest BCUT2D eigenvalue weighted by Gasteiger charge is 2.36. The standard InChI is InChI=1S/C10H16O/c11-7-9-6-5-8-3-1-2-4-10(8)9/h7-10H,1-6H2/t8-,9+,10+/m0/s1. The summed E-state index contributed by atoms with van der Waals surface area (Å²) in [7, 11) is 0. The van der Waals surface area contributed by atoms with E-state index in [0.29, 0.717) is 5.92 Å². The average molecular weight is 152 g/mol. The highest BCUT2D eigenvalue weighted by molar-refractivity contribution is 5.54. The smallest absolute Gasteiger partial charge is 0.123 e. The Hall–Kier alpha value is -0.330. The summed E-state index contributed by atoms with van der Waals surface area (Å²) >= 11 is 0.